The molecule has 1 amide bonds. The lowest BCUT2D eigenvalue weighted by molar-refractivity contribution is 0.0952. The van der Waals surface area contributed by atoms with Gasteiger partial charge in [0.2, 0.25) is 0 Å². The van der Waals surface area contributed by atoms with Crippen LogP contribution in [0.5, 0.6) is 0 Å². The highest BCUT2D eigenvalue weighted by atomic mass is 32.1. The van der Waals surface area contributed by atoms with Crippen LogP contribution in [-0.2, 0) is 13.5 Å². The van der Waals surface area contributed by atoms with E-state index in [1.807, 2.05) is 0 Å². The summed E-state index contributed by atoms with van der Waals surface area (Å²) in [6.07, 6.45) is 2.01. The van der Waals surface area contributed by atoms with Crippen LogP contribution in [0.2, 0.25) is 0 Å². The largest absolute Gasteiger partial charge is 0.463 e. The van der Waals surface area contributed by atoms with Gasteiger partial charge in [-0.2, -0.15) is 5.10 Å². The van der Waals surface area contributed by atoms with Gasteiger partial charge in [0, 0.05) is 20.0 Å². The van der Waals surface area contributed by atoms with Crippen molar-refractivity contribution in [1.29, 1.82) is 0 Å². The van der Waals surface area contributed by atoms with Crippen LogP contribution in [0.4, 0.5) is 0 Å². The minimum atomic E-state index is -0.473. The Labute approximate surface area is 141 Å². The number of hydrogen-bond donors (Lipinski definition) is 3. The topological polar surface area (TPSA) is 109 Å². The molecule has 0 saturated carbocycles. The Morgan fingerprint density at radius 2 is 2.25 bits per heavy atom. The van der Waals surface area contributed by atoms with E-state index in [9.17, 15) is 9.59 Å². The smallest absolute Gasteiger partial charge is 0.261 e. The number of aromatic amines is 2. The number of carbonyl (C=O) groups is 1. The number of carbonyl (C=O) groups excluding carboxylic acids is 1. The Morgan fingerprint density at radius 1 is 1.42 bits per heavy atom. The van der Waals surface area contributed by atoms with Gasteiger partial charge in [-0.05, 0) is 36.5 Å². The van der Waals surface area contributed by atoms with Crippen LogP contribution in [0.25, 0.3) is 11.5 Å². The van der Waals surface area contributed by atoms with Crippen molar-refractivity contribution >= 4 is 18.1 Å². The summed E-state index contributed by atoms with van der Waals surface area (Å²) in [5, 5.41) is 9.43. The molecule has 0 atom stereocenters. The molecule has 3 rings (SSSR count). The first-order chi connectivity index (χ1) is 11.6. The van der Waals surface area contributed by atoms with Crippen molar-refractivity contribution in [2.45, 2.75) is 6.42 Å². The molecule has 8 nitrogen and oxygen atoms in total. The predicted octanol–water partition coefficient (Wildman–Crippen LogP) is 1.40. The fraction of sp³-hybridized carbons (Fsp3) is 0.200. The van der Waals surface area contributed by atoms with Crippen molar-refractivity contribution in [2.24, 2.45) is 7.05 Å². The van der Waals surface area contributed by atoms with Crippen LogP contribution >= 0.6 is 12.2 Å². The normalized spacial score (nSPS) is 10.7. The fourth-order valence-electron chi connectivity index (χ4n) is 2.21. The summed E-state index contributed by atoms with van der Waals surface area (Å²) >= 11 is 5.02. The van der Waals surface area contributed by atoms with Crippen LogP contribution in [0.3, 0.4) is 0 Å². The molecule has 0 bridgehead atoms. The highest BCUT2D eigenvalue weighted by molar-refractivity contribution is 7.71. The van der Waals surface area contributed by atoms with Crippen LogP contribution in [0.15, 0.2) is 39.7 Å². The lowest BCUT2D eigenvalue weighted by atomic mass is 10.2. The quantitative estimate of drug-likeness (QED) is 0.606. The van der Waals surface area contributed by atoms with Crippen LogP contribution in [-0.4, -0.2) is 32.2 Å². The molecule has 0 radical (unpaired) electrons. The van der Waals surface area contributed by atoms with Gasteiger partial charge in [0.25, 0.3) is 11.5 Å². The standard InChI is InChI=1S/C15H15N5O3S/c1-20-12(18-19-15(20)24)6-7-16-13(21)9-4-5-10(17-14(9)22)11-3-2-8-23-11/h2-5,8H,6-7H2,1H3,(H,16,21)(H,17,22)(H,19,24). The van der Waals surface area contributed by atoms with Gasteiger partial charge in [-0.25, -0.2) is 0 Å². The maximum Gasteiger partial charge on any atom is 0.261 e. The molecule has 124 valence electrons. The number of nitrogens with zero attached hydrogens (tertiary/aromatic N) is 2. The summed E-state index contributed by atoms with van der Waals surface area (Å²) in [7, 11) is 1.79. The zero-order valence-electron chi connectivity index (χ0n) is 12.8. The highest BCUT2D eigenvalue weighted by Crippen LogP contribution is 2.15. The van der Waals surface area contributed by atoms with Crippen molar-refractivity contribution in [3.63, 3.8) is 0 Å². The van der Waals surface area contributed by atoms with Crippen molar-refractivity contribution in [3.05, 3.63) is 57.0 Å². The summed E-state index contributed by atoms with van der Waals surface area (Å²) < 4.78 is 7.45. The van der Waals surface area contributed by atoms with Crippen molar-refractivity contribution in [2.75, 3.05) is 6.54 Å². The summed E-state index contributed by atoms with van der Waals surface area (Å²) in [6, 6.07) is 6.55. The molecule has 3 aromatic rings. The highest BCUT2D eigenvalue weighted by Gasteiger charge is 2.12. The SMILES string of the molecule is Cn1c(CCNC(=O)c2ccc(-c3ccco3)[nH]c2=O)n[nH]c1=S. The Balaban J connectivity index is 1.66. The van der Waals surface area contributed by atoms with E-state index in [4.69, 9.17) is 16.6 Å². The number of pyridine rings is 1. The molecule has 0 aromatic carbocycles. The molecule has 3 heterocycles. The van der Waals surface area contributed by atoms with E-state index in [0.29, 0.717) is 29.2 Å². The molecule has 3 N–H and O–H groups in total. The third-order valence-electron chi connectivity index (χ3n) is 3.55. The van der Waals surface area contributed by atoms with Crippen LogP contribution in [0.1, 0.15) is 16.2 Å². The molecular weight excluding hydrogens is 330 g/mol. The van der Waals surface area contributed by atoms with Gasteiger partial charge < -0.3 is 19.3 Å². The zero-order chi connectivity index (χ0) is 17.1. The molecule has 0 aliphatic heterocycles. The summed E-state index contributed by atoms with van der Waals surface area (Å²) in [5.41, 5.74) is 0.0864. The van der Waals surface area contributed by atoms with Gasteiger partial charge in [0.05, 0.1) is 12.0 Å². The number of H-pyrrole nitrogens is 2. The second-order valence-corrected chi connectivity index (χ2v) is 5.49. The van der Waals surface area contributed by atoms with Gasteiger partial charge in [0.1, 0.15) is 17.1 Å². The first-order valence-corrected chi connectivity index (χ1v) is 7.63. The summed E-state index contributed by atoms with van der Waals surface area (Å²) in [4.78, 5) is 26.8. The number of rotatable bonds is 5. The molecule has 0 aliphatic carbocycles. The molecule has 3 aromatic heterocycles. The number of amides is 1. The molecule has 0 aliphatic rings. The van der Waals surface area contributed by atoms with E-state index in [2.05, 4.69) is 20.5 Å². The maximum absolute atomic E-state index is 12.1. The number of aromatic nitrogens is 4. The average Bonchev–Trinajstić information content (AvgIpc) is 3.20. The first kappa shape index (κ1) is 15.9. The van der Waals surface area contributed by atoms with E-state index in [0.717, 1.165) is 5.82 Å². The van der Waals surface area contributed by atoms with E-state index >= 15 is 0 Å². The average molecular weight is 345 g/mol. The molecule has 0 spiro atoms. The molecule has 9 heteroatoms. The summed E-state index contributed by atoms with van der Waals surface area (Å²) in [6.45, 7) is 0.339. The van der Waals surface area contributed by atoms with Gasteiger partial charge in [-0.3, -0.25) is 14.7 Å². The fourth-order valence-corrected chi connectivity index (χ4v) is 2.37. The molecule has 0 unspecified atom stereocenters. The van der Waals surface area contributed by atoms with Gasteiger partial charge >= 0.3 is 0 Å². The van der Waals surface area contributed by atoms with Crippen molar-refractivity contribution in [1.82, 2.24) is 25.1 Å². The molecule has 0 fully saturated rings. The molecular formula is C15H15N5O3S. The Kier molecular flexibility index (Phi) is 4.43. The summed E-state index contributed by atoms with van der Waals surface area (Å²) in [5.74, 6) is 0.811. The van der Waals surface area contributed by atoms with Gasteiger partial charge in [-0.1, -0.05) is 0 Å². The van der Waals surface area contributed by atoms with E-state index in [1.165, 1.54) is 12.3 Å². The lowest BCUT2D eigenvalue weighted by Gasteiger charge is -2.05. The Hall–Kier alpha value is -2.94. The van der Waals surface area contributed by atoms with Crippen molar-refractivity contribution in [3.8, 4) is 11.5 Å². The number of nitrogens with one attached hydrogen (secondary N) is 3. The minimum Gasteiger partial charge on any atom is -0.463 e. The third kappa shape index (κ3) is 3.20. The Morgan fingerprint density at radius 3 is 2.88 bits per heavy atom. The van der Waals surface area contributed by atoms with Gasteiger partial charge in [-0.15, -0.1) is 0 Å². The predicted molar refractivity (Wildman–Crippen MR) is 89.2 cm³/mol. The van der Waals surface area contributed by atoms with E-state index < -0.39 is 11.5 Å². The van der Waals surface area contributed by atoms with Gasteiger partial charge in [0.15, 0.2) is 4.77 Å². The monoisotopic (exact) mass is 345 g/mol. The minimum absolute atomic E-state index is 0.0423. The molecule has 0 saturated heterocycles. The van der Waals surface area contributed by atoms with E-state index in [-0.39, 0.29) is 5.56 Å². The second-order valence-electron chi connectivity index (χ2n) is 5.10. The van der Waals surface area contributed by atoms with Crippen LogP contribution in [0, 0.1) is 4.77 Å². The Bertz CT molecular complexity index is 968. The van der Waals surface area contributed by atoms with Crippen LogP contribution < -0.4 is 10.9 Å². The second kappa shape index (κ2) is 6.67. The zero-order valence-corrected chi connectivity index (χ0v) is 13.6. The maximum atomic E-state index is 12.1. The number of furan rings is 1. The van der Waals surface area contributed by atoms with Crippen molar-refractivity contribution < 1.29 is 9.21 Å². The van der Waals surface area contributed by atoms with E-state index in [1.54, 1.807) is 29.8 Å². The third-order valence-corrected chi connectivity index (χ3v) is 3.91. The lowest BCUT2D eigenvalue weighted by Crippen LogP contribution is -2.31. The first-order valence-electron chi connectivity index (χ1n) is 7.22. The number of hydrogen-bond acceptors (Lipinski definition) is 5. The molecule has 24 heavy (non-hydrogen) atoms.